The summed E-state index contributed by atoms with van der Waals surface area (Å²) >= 11 is 0. The van der Waals surface area contributed by atoms with Gasteiger partial charge in [0.05, 0.1) is 12.7 Å². The molecule has 1 aromatic carbocycles. The zero-order valence-electron chi connectivity index (χ0n) is 19.6. The number of aliphatic carboxylic acids is 1. The summed E-state index contributed by atoms with van der Waals surface area (Å²) < 4.78 is 12.0. The second kappa shape index (κ2) is 10.3. The highest BCUT2D eigenvalue weighted by atomic mass is 16.5. The highest BCUT2D eigenvalue weighted by molar-refractivity contribution is 5.85. The van der Waals surface area contributed by atoms with Crippen LogP contribution < -0.4 is 0 Å². The summed E-state index contributed by atoms with van der Waals surface area (Å²) in [6, 6.07) is 7.20. The molecule has 1 fully saturated rings. The molecule has 3 rings (SSSR count). The Morgan fingerprint density at radius 1 is 1.22 bits per heavy atom. The van der Waals surface area contributed by atoms with Crippen LogP contribution >= 0.6 is 0 Å². The standard InChI is InChI=1S/C25H34N2O5/c1-15(2)22(25(29)30)27(5)24(28)19-7-6-8-20(13-19)31-14-21-17(4)32-23(26-21)18-11-9-16(3)10-12-18/h9-12,15,19-20,22H,6-8,13-14H2,1-5H3,(H,29,30)/t19?,20?,22-/m1/s1. The quantitative estimate of drug-likeness (QED) is 0.642. The molecular weight excluding hydrogens is 408 g/mol. The molecule has 1 aliphatic rings. The fourth-order valence-electron chi connectivity index (χ4n) is 4.42. The number of nitrogens with zero attached hydrogens (tertiary/aromatic N) is 2. The zero-order valence-corrected chi connectivity index (χ0v) is 19.6. The lowest BCUT2D eigenvalue weighted by Gasteiger charge is -2.34. The summed E-state index contributed by atoms with van der Waals surface area (Å²) in [6.45, 7) is 7.88. The molecular formula is C25H34N2O5. The van der Waals surface area contributed by atoms with Gasteiger partial charge < -0.3 is 19.2 Å². The third kappa shape index (κ3) is 5.57. The number of hydrogen-bond acceptors (Lipinski definition) is 5. The first-order valence-corrected chi connectivity index (χ1v) is 11.3. The number of carboxylic acids is 1. The smallest absolute Gasteiger partial charge is 0.326 e. The first-order chi connectivity index (χ1) is 15.2. The van der Waals surface area contributed by atoms with E-state index in [1.807, 2.05) is 52.0 Å². The molecule has 0 radical (unpaired) electrons. The summed E-state index contributed by atoms with van der Waals surface area (Å²) in [6.07, 6.45) is 3.04. The predicted molar refractivity (Wildman–Crippen MR) is 121 cm³/mol. The molecule has 0 bridgehead atoms. The van der Waals surface area contributed by atoms with Gasteiger partial charge in [-0.25, -0.2) is 9.78 Å². The van der Waals surface area contributed by atoms with Crippen LogP contribution in [0.1, 0.15) is 56.5 Å². The van der Waals surface area contributed by atoms with Crippen molar-refractivity contribution in [1.82, 2.24) is 9.88 Å². The molecule has 1 amide bonds. The summed E-state index contributed by atoms with van der Waals surface area (Å²) in [5.41, 5.74) is 2.86. The topological polar surface area (TPSA) is 92.9 Å². The van der Waals surface area contributed by atoms with Gasteiger partial charge in [0.2, 0.25) is 11.8 Å². The van der Waals surface area contributed by atoms with Crippen LogP contribution in [0, 0.1) is 25.7 Å². The van der Waals surface area contributed by atoms with E-state index in [9.17, 15) is 14.7 Å². The third-order valence-corrected chi connectivity index (χ3v) is 6.27. The molecule has 0 saturated heterocycles. The number of carboxylic acid groups (broad SMARTS) is 1. The lowest BCUT2D eigenvalue weighted by Crippen LogP contribution is -2.48. The number of hydrogen-bond donors (Lipinski definition) is 1. The Morgan fingerprint density at radius 2 is 1.91 bits per heavy atom. The van der Waals surface area contributed by atoms with Gasteiger partial charge in [-0.05, 0) is 51.2 Å². The number of rotatable bonds is 8. The van der Waals surface area contributed by atoms with E-state index in [4.69, 9.17) is 9.15 Å². The van der Waals surface area contributed by atoms with E-state index < -0.39 is 12.0 Å². The summed E-state index contributed by atoms with van der Waals surface area (Å²) in [5.74, 6) is -0.155. The van der Waals surface area contributed by atoms with Crippen molar-refractivity contribution in [1.29, 1.82) is 0 Å². The Morgan fingerprint density at radius 3 is 2.53 bits per heavy atom. The molecule has 32 heavy (non-hydrogen) atoms. The van der Waals surface area contributed by atoms with Crippen LogP contribution in [0.15, 0.2) is 28.7 Å². The number of likely N-dealkylation sites (N-methyl/N-ethyl adjacent to an activating group) is 1. The van der Waals surface area contributed by atoms with Crippen molar-refractivity contribution >= 4 is 11.9 Å². The molecule has 3 atom stereocenters. The minimum absolute atomic E-state index is 0.0626. The number of benzene rings is 1. The van der Waals surface area contributed by atoms with Gasteiger partial charge in [0.15, 0.2) is 0 Å². The van der Waals surface area contributed by atoms with Crippen LogP contribution in [0.25, 0.3) is 11.5 Å². The van der Waals surface area contributed by atoms with Crippen LogP contribution in [0.3, 0.4) is 0 Å². The van der Waals surface area contributed by atoms with E-state index in [2.05, 4.69) is 4.98 Å². The molecule has 1 aromatic heterocycles. The third-order valence-electron chi connectivity index (χ3n) is 6.27. The Labute approximate surface area is 189 Å². The number of aryl methyl sites for hydroxylation is 2. The number of amides is 1. The Balaban J connectivity index is 1.60. The Kier molecular flexibility index (Phi) is 7.72. The number of oxazole rings is 1. The maximum atomic E-state index is 13.0. The monoisotopic (exact) mass is 442 g/mol. The number of carbonyl (C=O) groups is 2. The first-order valence-electron chi connectivity index (χ1n) is 11.3. The van der Waals surface area contributed by atoms with Crippen molar-refractivity contribution < 1.29 is 23.8 Å². The van der Waals surface area contributed by atoms with E-state index in [0.717, 1.165) is 36.3 Å². The van der Waals surface area contributed by atoms with Crippen molar-refractivity contribution in [2.75, 3.05) is 7.05 Å². The maximum Gasteiger partial charge on any atom is 0.326 e. The van der Waals surface area contributed by atoms with Crippen LogP contribution in [0.2, 0.25) is 0 Å². The van der Waals surface area contributed by atoms with Gasteiger partial charge in [0, 0.05) is 18.5 Å². The molecule has 2 aromatic rings. The molecule has 7 heteroatoms. The average molecular weight is 443 g/mol. The molecule has 1 aliphatic carbocycles. The second-order valence-corrected chi connectivity index (χ2v) is 9.16. The van der Waals surface area contributed by atoms with E-state index >= 15 is 0 Å². The molecule has 1 heterocycles. The van der Waals surface area contributed by atoms with Crippen molar-refractivity contribution in [2.24, 2.45) is 11.8 Å². The zero-order chi connectivity index (χ0) is 23.4. The number of carbonyl (C=O) groups excluding carboxylic acids is 1. The maximum absolute atomic E-state index is 13.0. The highest BCUT2D eigenvalue weighted by Crippen LogP contribution is 2.30. The molecule has 0 aliphatic heterocycles. The lowest BCUT2D eigenvalue weighted by molar-refractivity contribution is -0.153. The van der Waals surface area contributed by atoms with E-state index in [1.54, 1.807) is 7.05 Å². The van der Waals surface area contributed by atoms with Gasteiger partial charge in [-0.15, -0.1) is 0 Å². The van der Waals surface area contributed by atoms with Crippen molar-refractivity contribution in [3.63, 3.8) is 0 Å². The lowest BCUT2D eigenvalue weighted by atomic mass is 9.85. The molecule has 7 nitrogen and oxygen atoms in total. The van der Waals surface area contributed by atoms with Crippen LogP contribution in [-0.2, 0) is 20.9 Å². The first kappa shape index (κ1) is 24.0. The summed E-state index contributed by atoms with van der Waals surface area (Å²) in [7, 11) is 1.59. The van der Waals surface area contributed by atoms with Gasteiger partial charge in [-0.2, -0.15) is 0 Å². The van der Waals surface area contributed by atoms with E-state index in [-0.39, 0.29) is 23.8 Å². The van der Waals surface area contributed by atoms with Gasteiger partial charge in [0.1, 0.15) is 17.5 Å². The summed E-state index contributed by atoms with van der Waals surface area (Å²) in [4.78, 5) is 30.6. The molecule has 1 saturated carbocycles. The van der Waals surface area contributed by atoms with Gasteiger partial charge in [-0.3, -0.25) is 4.79 Å². The van der Waals surface area contributed by atoms with Gasteiger partial charge in [0.25, 0.3) is 0 Å². The van der Waals surface area contributed by atoms with Crippen LogP contribution in [0.5, 0.6) is 0 Å². The molecule has 174 valence electrons. The average Bonchev–Trinajstić information content (AvgIpc) is 3.12. The Hall–Kier alpha value is -2.67. The SMILES string of the molecule is Cc1ccc(-c2nc(COC3CCCC(C(=O)N(C)[C@@H](C(=O)O)C(C)C)C3)c(C)o2)cc1. The summed E-state index contributed by atoms with van der Waals surface area (Å²) in [5, 5.41) is 9.51. The van der Waals surface area contributed by atoms with Crippen LogP contribution in [0.4, 0.5) is 0 Å². The predicted octanol–water partition coefficient (Wildman–Crippen LogP) is 4.60. The van der Waals surface area contributed by atoms with Gasteiger partial charge in [-0.1, -0.05) is 38.0 Å². The molecule has 1 N–H and O–H groups in total. The largest absolute Gasteiger partial charge is 0.480 e. The van der Waals surface area contributed by atoms with Crippen LogP contribution in [-0.4, -0.2) is 46.1 Å². The van der Waals surface area contributed by atoms with Crippen molar-refractivity contribution in [2.45, 2.75) is 72.1 Å². The fourth-order valence-corrected chi connectivity index (χ4v) is 4.42. The van der Waals surface area contributed by atoms with Crippen molar-refractivity contribution in [3.05, 3.63) is 41.3 Å². The second-order valence-electron chi connectivity index (χ2n) is 9.16. The molecule has 0 spiro atoms. The number of aromatic nitrogens is 1. The molecule has 2 unspecified atom stereocenters. The highest BCUT2D eigenvalue weighted by Gasteiger charge is 2.35. The fraction of sp³-hybridized carbons (Fsp3) is 0.560. The minimum atomic E-state index is -0.967. The minimum Gasteiger partial charge on any atom is -0.480 e. The van der Waals surface area contributed by atoms with Crippen molar-refractivity contribution in [3.8, 4) is 11.5 Å². The van der Waals surface area contributed by atoms with E-state index in [1.165, 1.54) is 10.5 Å². The normalized spacial score (nSPS) is 19.7. The van der Waals surface area contributed by atoms with E-state index in [0.29, 0.717) is 18.9 Å². The number of ether oxygens (including phenoxy) is 1. The van der Waals surface area contributed by atoms with Gasteiger partial charge >= 0.3 is 5.97 Å². The Bertz CT molecular complexity index is 934.